The Balaban J connectivity index is 1.32. The first kappa shape index (κ1) is 23.7. The number of hydrogen-bond acceptors (Lipinski definition) is 8. The minimum Gasteiger partial charge on any atom is -0.369 e. The lowest BCUT2D eigenvalue weighted by Gasteiger charge is -2.34. The first-order valence-electron chi connectivity index (χ1n) is 12.2. The SMILES string of the molecule is Cc1cc(Nc2cc(N3CCN(CC(N)=O)CC3)nc(Cc3ccc(NC(=O)C4CC4)cc3)n2)n[nH]1. The number of nitrogens with one attached hydrogen (secondary N) is 3. The summed E-state index contributed by atoms with van der Waals surface area (Å²) in [5.41, 5.74) is 8.15. The van der Waals surface area contributed by atoms with Gasteiger partial charge in [-0.2, -0.15) is 5.10 Å². The fourth-order valence-corrected chi connectivity index (χ4v) is 4.24. The van der Waals surface area contributed by atoms with Crippen LogP contribution >= 0.6 is 0 Å². The lowest BCUT2D eigenvalue weighted by Crippen LogP contribution is -2.49. The van der Waals surface area contributed by atoms with Crippen molar-refractivity contribution in [3.8, 4) is 0 Å². The zero-order chi connectivity index (χ0) is 25.1. The van der Waals surface area contributed by atoms with Crippen LogP contribution in [0.4, 0.5) is 23.1 Å². The van der Waals surface area contributed by atoms with Crippen molar-refractivity contribution in [1.29, 1.82) is 0 Å². The van der Waals surface area contributed by atoms with E-state index in [-0.39, 0.29) is 24.3 Å². The van der Waals surface area contributed by atoms with Crippen LogP contribution in [0, 0.1) is 12.8 Å². The van der Waals surface area contributed by atoms with E-state index >= 15 is 0 Å². The molecule has 2 aliphatic rings. The number of H-pyrrole nitrogens is 1. The molecule has 0 radical (unpaired) electrons. The van der Waals surface area contributed by atoms with Crippen molar-refractivity contribution in [2.75, 3.05) is 48.3 Å². The van der Waals surface area contributed by atoms with E-state index in [1.54, 1.807) is 0 Å². The summed E-state index contributed by atoms with van der Waals surface area (Å²) in [7, 11) is 0. The summed E-state index contributed by atoms with van der Waals surface area (Å²) < 4.78 is 0. The number of anilines is 4. The van der Waals surface area contributed by atoms with Crippen LogP contribution in [0.15, 0.2) is 36.4 Å². The molecular formula is C25H31N9O2. The van der Waals surface area contributed by atoms with Gasteiger partial charge in [-0.25, -0.2) is 9.97 Å². The maximum atomic E-state index is 12.0. The number of nitrogens with zero attached hydrogens (tertiary/aromatic N) is 5. The highest BCUT2D eigenvalue weighted by molar-refractivity contribution is 5.94. The van der Waals surface area contributed by atoms with Gasteiger partial charge < -0.3 is 21.3 Å². The van der Waals surface area contributed by atoms with Crippen LogP contribution in [0.5, 0.6) is 0 Å². The first-order valence-corrected chi connectivity index (χ1v) is 12.2. The quantitative estimate of drug-likeness (QED) is 0.356. The lowest BCUT2D eigenvalue weighted by molar-refractivity contribution is -0.119. The summed E-state index contributed by atoms with van der Waals surface area (Å²) in [4.78, 5) is 37.1. The lowest BCUT2D eigenvalue weighted by atomic mass is 10.1. The Kier molecular flexibility index (Phi) is 6.81. The van der Waals surface area contributed by atoms with Crippen LogP contribution in [-0.4, -0.2) is 69.6 Å². The van der Waals surface area contributed by atoms with E-state index in [0.29, 0.717) is 23.9 Å². The molecule has 1 aliphatic carbocycles. The van der Waals surface area contributed by atoms with Crippen molar-refractivity contribution < 1.29 is 9.59 Å². The number of aromatic nitrogens is 4. The van der Waals surface area contributed by atoms with E-state index in [9.17, 15) is 9.59 Å². The number of hydrogen-bond donors (Lipinski definition) is 4. The molecule has 1 aliphatic heterocycles. The molecule has 1 aromatic carbocycles. The summed E-state index contributed by atoms with van der Waals surface area (Å²) >= 11 is 0. The van der Waals surface area contributed by atoms with Crippen LogP contribution < -0.4 is 21.3 Å². The number of carbonyl (C=O) groups excluding carboxylic acids is 2. The minimum atomic E-state index is -0.313. The maximum Gasteiger partial charge on any atom is 0.231 e. The molecule has 3 aromatic rings. The Labute approximate surface area is 209 Å². The van der Waals surface area contributed by atoms with Gasteiger partial charge in [0.1, 0.15) is 17.5 Å². The molecule has 5 rings (SSSR count). The van der Waals surface area contributed by atoms with Gasteiger partial charge in [0.15, 0.2) is 5.82 Å². The Morgan fingerprint density at radius 2 is 1.81 bits per heavy atom. The Morgan fingerprint density at radius 3 is 2.44 bits per heavy atom. The first-order chi connectivity index (χ1) is 17.4. The second kappa shape index (κ2) is 10.3. The van der Waals surface area contributed by atoms with Gasteiger partial charge in [-0.05, 0) is 37.5 Å². The highest BCUT2D eigenvalue weighted by atomic mass is 16.2. The number of amides is 2. The Bertz CT molecular complexity index is 1230. The monoisotopic (exact) mass is 489 g/mol. The van der Waals surface area contributed by atoms with E-state index in [0.717, 1.165) is 61.8 Å². The third kappa shape index (κ3) is 6.16. The molecule has 0 bridgehead atoms. The largest absolute Gasteiger partial charge is 0.369 e. The number of benzene rings is 1. The second-order valence-corrected chi connectivity index (χ2v) is 9.46. The predicted molar refractivity (Wildman–Crippen MR) is 137 cm³/mol. The van der Waals surface area contributed by atoms with Gasteiger partial charge in [0, 0.05) is 62.0 Å². The van der Waals surface area contributed by atoms with E-state index in [1.807, 2.05) is 43.3 Å². The van der Waals surface area contributed by atoms with E-state index in [4.69, 9.17) is 15.7 Å². The fraction of sp³-hybridized carbons (Fsp3) is 0.400. The topological polar surface area (TPSA) is 145 Å². The molecule has 0 spiro atoms. The summed E-state index contributed by atoms with van der Waals surface area (Å²) in [6.07, 6.45) is 2.50. The van der Waals surface area contributed by atoms with Crippen LogP contribution in [0.1, 0.15) is 29.9 Å². The fourth-order valence-electron chi connectivity index (χ4n) is 4.24. The molecule has 2 aromatic heterocycles. The van der Waals surface area contributed by atoms with E-state index < -0.39 is 0 Å². The number of aromatic amines is 1. The molecule has 2 amide bonds. The van der Waals surface area contributed by atoms with Crippen molar-refractivity contribution >= 4 is 35.0 Å². The standard InChI is InChI=1S/C25H31N9O2/c1-16-12-23(32-31-16)29-22-14-24(34-10-8-33(9-11-34)15-20(26)35)30-21(28-22)13-17-2-6-19(7-3-17)27-25(36)18-4-5-18/h2-3,6-7,12,14,18H,4-5,8-11,13,15H2,1H3,(H2,26,35)(H,27,36)(H2,28,29,30,31,32). The second-order valence-electron chi connectivity index (χ2n) is 9.46. The number of aryl methyl sites for hydroxylation is 1. The third-order valence-corrected chi connectivity index (χ3v) is 6.33. The van der Waals surface area contributed by atoms with Crippen LogP contribution in [0.2, 0.25) is 0 Å². The normalized spacial score (nSPS) is 16.1. The molecule has 5 N–H and O–H groups in total. The predicted octanol–water partition coefficient (Wildman–Crippen LogP) is 1.80. The number of primary amides is 1. The molecule has 1 saturated carbocycles. The van der Waals surface area contributed by atoms with Crippen molar-refractivity contribution in [1.82, 2.24) is 25.1 Å². The molecule has 2 fully saturated rings. The smallest absolute Gasteiger partial charge is 0.231 e. The van der Waals surface area contributed by atoms with Crippen LogP contribution in [0.3, 0.4) is 0 Å². The molecule has 11 nitrogen and oxygen atoms in total. The number of piperazine rings is 1. The average Bonchev–Trinajstić information content (AvgIpc) is 3.63. The van der Waals surface area contributed by atoms with Gasteiger partial charge >= 0.3 is 0 Å². The zero-order valence-corrected chi connectivity index (χ0v) is 20.3. The summed E-state index contributed by atoms with van der Waals surface area (Å²) in [5, 5.41) is 13.4. The molecule has 3 heterocycles. The van der Waals surface area contributed by atoms with Crippen molar-refractivity contribution in [3.63, 3.8) is 0 Å². The molecule has 36 heavy (non-hydrogen) atoms. The minimum absolute atomic E-state index is 0.0963. The Hall–Kier alpha value is -3.99. The van der Waals surface area contributed by atoms with E-state index in [1.165, 1.54) is 0 Å². The maximum absolute atomic E-state index is 12.0. The summed E-state index contributed by atoms with van der Waals surface area (Å²) in [5.74, 6) is 2.80. The van der Waals surface area contributed by atoms with Gasteiger partial charge in [-0.3, -0.25) is 19.6 Å². The zero-order valence-electron chi connectivity index (χ0n) is 20.3. The van der Waals surface area contributed by atoms with Gasteiger partial charge in [0.05, 0.1) is 6.54 Å². The van der Waals surface area contributed by atoms with Crippen LogP contribution in [0.25, 0.3) is 0 Å². The van der Waals surface area contributed by atoms with Gasteiger partial charge in [-0.15, -0.1) is 0 Å². The third-order valence-electron chi connectivity index (χ3n) is 6.33. The molecule has 11 heteroatoms. The Morgan fingerprint density at radius 1 is 1.06 bits per heavy atom. The van der Waals surface area contributed by atoms with Gasteiger partial charge in [0.2, 0.25) is 11.8 Å². The summed E-state index contributed by atoms with van der Waals surface area (Å²) in [6, 6.07) is 11.7. The highest BCUT2D eigenvalue weighted by Crippen LogP contribution is 2.30. The average molecular weight is 490 g/mol. The molecule has 0 atom stereocenters. The number of rotatable bonds is 9. The highest BCUT2D eigenvalue weighted by Gasteiger charge is 2.29. The summed E-state index contributed by atoms with van der Waals surface area (Å²) in [6.45, 7) is 5.15. The molecule has 188 valence electrons. The molecule has 1 saturated heterocycles. The molecule has 0 unspecified atom stereocenters. The van der Waals surface area contributed by atoms with Crippen LogP contribution in [-0.2, 0) is 16.0 Å². The number of nitrogens with two attached hydrogens (primary N) is 1. The van der Waals surface area contributed by atoms with E-state index in [2.05, 4.69) is 30.6 Å². The van der Waals surface area contributed by atoms with Crippen molar-refractivity contribution in [2.45, 2.75) is 26.2 Å². The molecular weight excluding hydrogens is 458 g/mol. The van der Waals surface area contributed by atoms with Gasteiger partial charge in [0.25, 0.3) is 0 Å². The van der Waals surface area contributed by atoms with Gasteiger partial charge in [-0.1, -0.05) is 12.1 Å². The van der Waals surface area contributed by atoms with Crippen molar-refractivity contribution in [3.05, 3.63) is 53.5 Å². The number of carbonyl (C=O) groups is 2. The van der Waals surface area contributed by atoms with Crippen molar-refractivity contribution in [2.24, 2.45) is 11.7 Å².